The lowest BCUT2D eigenvalue weighted by Crippen LogP contribution is -2.31. The second-order valence-electron chi connectivity index (χ2n) is 4.88. The van der Waals surface area contributed by atoms with Crippen molar-refractivity contribution in [2.75, 3.05) is 7.11 Å². The van der Waals surface area contributed by atoms with Crippen LogP contribution in [0, 0.1) is 0 Å². The molecule has 110 valence electrons. The van der Waals surface area contributed by atoms with Crippen LogP contribution in [-0.2, 0) is 4.79 Å². The van der Waals surface area contributed by atoms with Crippen molar-refractivity contribution < 1.29 is 14.3 Å². The molecule has 1 unspecified atom stereocenters. The normalized spacial score (nSPS) is 11.8. The Bertz CT molecular complexity index is 440. The molecule has 1 aromatic carbocycles. The van der Waals surface area contributed by atoms with Gasteiger partial charge in [-0.3, -0.25) is 9.59 Å². The summed E-state index contributed by atoms with van der Waals surface area (Å²) < 4.78 is 5.04. The number of methoxy groups -OCH3 is 1. The zero-order valence-electron chi connectivity index (χ0n) is 12.4. The summed E-state index contributed by atoms with van der Waals surface area (Å²) in [5.41, 5.74) is 0.660. The summed E-state index contributed by atoms with van der Waals surface area (Å²) in [6.07, 6.45) is 2.27. The molecule has 0 heterocycles. The van der Waals surface area contributed by atoms with Gasteiger partial charge in [0.25, 0.3) is 0 Å². The highest BCUT2D eigenvalue weighted by atomic mass is 16.5. The number of hydrogen-bond donors (Lipinski definition) is 1. The van der Waals surface area contributed by atoms with Gasteiger partial charge in [-0.15, -0.1) is 0 Å². The van der Waals surface area contributed by atoms with Crippen molar-refractivity contribution in [2.45, 2.75) is 45.6 Å². The molecule has 1 amide bonds. The number of rotatable bonds is 8. The predicted molar refractivity (Wildman–Crippen MR) is 79.1 cm³/mol. The van der Waals surface area contributed by atoms with E-state index in [4.69, 9.17) is 4.74 Å². The quantitative estimate of drug-likeness (QED) is 0.743. The minimum absolute atomic E-state index is 0.0156. The maximum Gasteiger partial charge on any atom is 0.220 e. The summed E-state index contributed by atoms with van der Waals surface area (Å²) in [6.45, 7) is 4.00. The number of nitrogens with one attached hydrogen (secondary N) is 1. The molecule has 0 radical (unpaired) electrons. The van der Waals surface area contributed by atoms with Crippen LogP contribution in [0.1, 0.15) is 49.9 Å². The van der Waals surface area contributed by atoms with E-state index in [1.165, 1.54) is 0 Å². The smallest absolute Gasteiger partial charge is 0.220 e. The van der Waals surface area contributed by atoms with E-state index < -0.39 is 0 Å². The largest absolute Gasteiger partial charge is 0.497 e. The Morgan fingerprint density at radius 1 is 1.20 bits per heavy atom. The monoisotopic (exact) mass is 277 g/mol. The zero-order chi connectivity index (χ0) is 15.0. The predicted octanol–water partition coefficient (Wildman–Crippen LogP) is 2.96. The fraction of sp³-hybridized carbons (Fsp3) is 0.500. The van der Waals surface area contributed by atoms with E-state index in [2.05, 4.69) is 5.32 Å². The second kappa shape index (κ2) is 8.35. The summed E-state index contributed by atoms with van der Waals surface area (Å²) in [6, 6.07) is 7.23. The SMILES string of the molecule is CCC(C)NC(=O)CCCC(=O)c1ccc(OC)cc1. The van der Waals surface area contributed by atoms with Gasteiger partial charge in [0.05, 0.1) is 7.11 Å². The molecular weight excluding hydrogens is 254 g/mol. The van der Waals surface area contributed by atoms with Crippen molar-refractivity contribution in [1.29, 1.82) is 0 Å². The van der Waals surface area contributed by atoms with Gasteiger partial charge in [-0.25, -0.2) is 0 Å². The fourth-order valence-electron chi connectivity index (χ4n) is 1.78. The number of amides is 1. The van der Waals surface area contributed by atoms with Crippen molar-refractivity contribution in [1.82, 2.24) is 5.32 Å². The van der Waals surface area contributed by atoms with E-state index in [1.54, 1.807) is 31.4 Å². The summed E-state index contributed by atoms with van der Waals surface area (Å²) in [5.74, 6) is 0.806. The molecule has 0 bridgehead atoms. The third kappa shape index (κ3) is 5.43. The highest BCUT2D eigenvalue weighted by molar-refractivity contribution is 5.96. The molecule has 1 aromatic rings. The molecule has 0 aliphatic carbocycles. The first-order valence-corrected chi connectivity index (χ1v) is 7.03. The van der Waals surface area contributed by atoms with E-state index in [0.717, 1.165) is 12.2 Å². The van der Waals surface area contributed by atoms with Gasteiger partial charge in [-0.2, -0.15) is 0 Å². The minimum Gasteiger partial charge on any atom is -0.497 e. The van der Waals surface area contributed by atoms with E-state index in [-0.39, 0.29) is 17.7 Å². The van der Waals surface area contributed by atoms with Crippen LogP contribution in [0.5, 0.6) is 5.75 Å². The van der Waals surface area contributed by atoms with E-state index in [9.17, 15) is 9.59 Å². The zero-order valence-corrected chi connectivity index (χ0v) is 12.4. The summed E-state index contributed by atoms with van der Waals surface area (Å²) in [7, 11) is 1.59. The molecule has 0 aliphatic heterocycles. The van der Waals surface area contributed by atoms with Gasteiger partial charge in [-0.05, 0) is 44.0 Å². The van der Waals surface area contributed by atoms with Gasteiger partial charge >= 0.3 is 0 Å². The highest BCUT2D eigenvalue weighted by Gasteiger charge is 2.09. The van der Waals surface area contributed by atoms with Crippen LogP contribution in [-0.4, -0.2) is 24.8 Å². The average molecular weight is 277 g/mol. The second-order valence-corrected chi connectivity index (χ2v) is 4.88. The van der Waals surface area contributed by atoms with Crippen molar-refractivity contribution in [3.8, 4) is 5.75 Å². The molecule has 1 rings (SSSR count). The molecular formula is C16H23NO3. The van der Waals surface area contributed by atoms with Crippen molar-refractivity contribution >= 4 is 11.7 Å². The van der Waals surface area contributed by atoms with Crippen molar-refractivity contribution in [3.05, 3.63) is 29.8 Å². The number of carbonyl (C=O) groups is 2. The van der Waals surface area contributed by atoms with E-state index in [0.29, 0.717) is 24.8 Å². The van der Waals surface area contributed by atoms with Crippen molar-refractivity contribution in [3.63, 3.8) is 0 Å². The first kappa shape index (κ1) is 16.2. The Morgan fingerprint density at radius 2 is 1.85 bits per heavy atom. The van der Waals surface area contributed by atoms with Gasteiger partial charge in [-0.1, -0.05) is 6.92 Å². The molecule has 1 N–H and O–H groups in total. The number of ketones is 1. The maximum atomic E-state index is 11.9. The number of carbonyl (C=O) groups excluding carboxylic acids is 2. The third-order valence-electron chi connectivity index (χ3n) is 3.24. The molecule has 0 aromatic heterocycles. The van der Waals surface area contributed by atoms with E-state index >= 15 is 0 Å². The van der Waals surface area contributed by atoms with E-state index in [1.807, 2.05) is 13.8 Å². The highest BCUT2D eigenvalue weighted by Crippen LogP contribution is 2.13. The first-order chi connectivity index (χ1) is 9.56. The molecule has 4 heteroatoms. The summed E-state index contributed by atoms with van der Waals surface area (Å²) >= 11 is 0. The summed E-state index contributed by atoms with van der Waals surface area (Å²) in [5, 5.41) is 2.89. The van der Waals surface area contributed by atoms with Crippen LogP contribution in [0.15, 0.2) is 24.3 Å². The molecule has 0 fully saturated rings. The molecule has 0 saturated carbocycles. The van der Waals surface area contributed by atoms with Gasteiger partial charge in [0, 0.05) is 24.4 Å². The lowest BCUT2D eigenvalue weighted by atomic mass is 10.1. The van der Waals surface area contributed by atoms with Gasteiger partial charge in [0.1, 0.15) is 5.75 Å². The van der Waals surface area contributed by atoms with Crippen LogP contribution in [0.4, 0.5) is 0 Å². The van der Waals surface area contributed by atoms with Gasteiger partial charge < -0.3 is 10.1 Å². The Hall–Kier alpha value is -1.84. The Balaban J connectivity index is 2.34. The van der Waals surface area contributed by atoms with Crippen LogP contribution >= 0.6 is 0 Å². The first-order valence-electron chi connectivity index (χ1n) is 7.03. The maximum absolute atomic E-state index is 11.9. The Labute approximate surface area is 120 Å². The lowest BCUT2D eigenvalue weighted by molar-refractivity contribution is -0.121. The minimum atomic E-state index is 0.0156. The molecule has 20 heavy (non-hydrogen) atoms. The molecule has 0 saturated heterocycles. The number of ether oxygens (including phenoxy) is 1. The number of hydrogen-bond acceptors (Lipinski definition) is 3. The molecule has 0 aliphatic rings. The van der Waals surface area contributed by atoms with Crippen LogP contribution in [0.25, 0.3) is 0 Å². The van der Waals surface area contributed by atoms with Crippen LogP contribution in [0.3, 0.4) is 0 Å². The summed E-state index contributed by atoms with van der Waals surface area (Å²) in [4.78, 5) is 23.5. The number of benzene rings is 1. The number of Topliss-reactive ketones (excluding diaryl/α,β-unsaturated/α-hetero) is 1. The fourth-order valence-corrected chi connectivity index (χ4v) is 1.78. The average Bonchev–Trinajstić information content (AvgIpc) is 2.47. The lowest BCUT2D eigenvalue weighted by Gasteiger charge is -2.10. The Morgan fingerprint density at radius 3 is 2.40 bits per heavy atom. The van der Waals surface area contributed by atoms with Gasteiger partial charge in [0.2, 0.25) is 5.91 Å². The molecule has 4 nitrogen and oxygen atoms in total. The van der Waals surface area contributed by atoms with Crippen LogP contribution in [0.2, 0.25) is 0 Å². The molecule has 0 spiro atoms. The standard InChI is InChI=1S/C16H23NO3/c1-4-12(2)17-16(19)7-5-6-15(18)13-8-10-14(20-3)11-9-13/h8-12H,4-7H2,1-3H3,(H,17,19). The van der Waals surface area contributed by atoms with Gasteiger partial charge in [0.15, 0.2) is 5.78 Å². The topological polar surface area (TPSA) is 55.4 Å². The molecule has 1 atom stereocenters. The van der Waals surface area contributed by atoms with Crippen LogP contribution < -0.4 is 10.1 Å². The third-order valence-corrected chi connectivity index (χ3v) is 3.24. The Kier molecular flexibility index (Phi) is 6.77. The van der Waals surface area contributed by atoms with Crippen molar-refractivity contribution in [2.24, 2.45) is 0 Å².